The van der Waals surface area contributed by atoms with Gasteiger partial charge in [-0.1, -0.05) is 24.3 Å². The molecule has 2 atom stereocenters. The van der Waals surface area contributed by atoms with E-state index in [9.17, 15) is 14.0 Å². The van der Waals surface area contributed by atoms with Gasteiger partial charge in [0.2, 0.25) is 5.91 Å². The molecule has 0 aromatic heterocycles. The van der Waals surface area contributed by atoms with Crippen LogP contribution in [0, 0.1) is 11.7 Å². The number of nitrogens with one attached hydrogen (secondary N) is 1. The molecule has 1 aliphatic heterocycles. The molecule has 2 aliphatic rings. The summed E-state index contributed by atoms with van der Waals surface area (Å²) in [5.74, 6) is -1.49. The van der Waals surface area contributed by atoms with Crippen LogP contribution in [0.3, 0.4) is 0 Å². The molecule has 0 radical (unpaired) electrons. The van der Waals surface area contributed by atoms with Gasteiger partial charge in [0.05, 0.1) is 18.7 Å². The van der Waals surface area contributed by atoms with Gasteiger partial charge in [0.1, 0.15) is 11.6 Å². The second-order valence-corrected chi connectivity index (χ2v) is 7.59. The lowest BCUT2D eigenvalue weighted by Gasteiger charge is -2.35. The van der Waals surface area contributed by atoms with E-state index in [1.807, 2.05) is 6.07 Å². The molecule has 0 bridgehead atoms. The highest BCUT2D eigenvalue weighted by Gasteiger charge is 2.42. The van der Waals surface area contributed by atoms with Crippen LogP contribution in [0.25, 0.3) is 0 Å². The minimum atomic E-state index is -0.725. The number of Topliss-reactive ketones (excluding diaryl/α,β-unsaturated/α-hetero) is 1. The third-order valence-corrected chi connectivity index (χ3v) is 5.69. The van der Waals surface area contributed by atoms with Crippen molar-refractivity contribution in [1.29, 1.82) is 0 Å². The number of carbonyl (C=O) groups excluding carboxylic acids is 2. The van der Waals surface area contributed by atoms with Crippen LogP contribution in [0.15, 0.2) is 64.8 Å². The van der Waals surface area contributed by atoms with Gasteiger partial charge in [-0.15, -0.1) is 0 Å². The number of hydrogen-bond donors (Lipinski definition) is 1. The minimum absolute atomic E-state index is 0.0168. The lowest BCUT2D eigenvalue weighted by Crippen LogP contribution is -2.39. The molecule has 154 valence electrons. The van der Waals surface area contributed by atoms with Crippen LogP contribution in [0.5, 0.6) is 5.75 Å². The van der Waals surface area contributed by atoms with Crippen molar-refractivity contribution in [1.82, 2.24) is 0 Å². The Hall–Kier alpha value is -3.28. The standard InChI is InChI=1S/C24H23FN2O3/c1-14-21(24(29)27-17-9-3-4-12-20(17)30-2)22(15-7-5-8-16(25)13-15)23-18(26-14)10-6-11-19(23)28/h3-5,7-9,12-13,21-22H,6,10-11H2,1-2H3,(H,27,29)/t21?,22-/m0/s1. The van der Waals surface area contributed by atoms with Gasteiger partial charge < -0.3 is 10.1 Å². The van der Waals surface area contributed by atoms with Crippen molar-refractivity contribution < 1.29 is 18.7 Å². The second-order valence-electron chi connectivity index (χ2n) is 7.59. The number of amides is 1. The number of halogens is 1. The van der Waals surface area contributed by atoms with E-state index in [1.54, 1.807) is 37.3 Å². The lowest BCUT2D eigenvalue weighted by atomic mass is 9.71. The maximum Gasteiger partial charge on any atom is 0.234 e. The predicted octanol–water partition coefficient (Wildman–Crippen LogP) is 4.65. The molecule has 2 aromatic rings. The number of methoxy groups -OCH3 is 1. The zero-order chi connectivity index (χ0) is 21.3. The van der Waals surface area contributed by atoms with Gasteiger partial charge in [-0.05, 0) is 49.6 Å². The van der Waals surface area contributed by atoms with Crippen molar-refractivity contribution in [2.24, 2.45) is 10.9 Å². The Labute approximate surface area is 174 Å². The van der Waals surface area contributed by atoms with Crippen LogP contribution in [-0.2, 0) is 9.59 Å². The monoisotopic (exact) mass is 406 g/mol. The van der Waals surface area contributed by atoms with Crippen LogP contribution < -0.4 is 10.1 Å². The number of hydrogen-bond acceptors (Lipinski definition) is 4. The molecule has 1 amide bonds. The Kier molecular flexibility index (Phi) is 5.48. The van der Waals surface area contributed by atoms with Crippen molar-refractivity contribution in [3.05, 3.63) is 71.2 Å². The minimum Gasteiger partial charge on any atom is -0.495 e. The van der Waals surface area contributed by atoms with E-state index in [2.05, 4.69) is 10.3 Å². The Bertz CT molecular complexity index is 1070. The number of rotatable bonds is 4. The molecule has 0 saturated carbocycles. The third-order valence-electron chi connectivity index (χ3n) is 5.69. The number of ether oxygens (including phenoxy) is 1. The average molecular weight is 406 g/mol. The van der Waals surface area contributed by atoms with Crippen LogP contribution in [0.4, 0.5) is 10.1 Å². The number of allylic oxidation sites excluding steroid dienone is 2. The fourth-order valence-corrected chi connectivity index (χ4v) is 4.36. The fraction of sp³-hybridized carbons (Fsp3) is 0.292. The number of anilines is 1. The van der Waals surface area contributed by atoms with E-state index in [4.69, 9.17) is 4.74 Å². The molecular weight excluding hydrogens is 383 g/mol. The molecule has 2 aromatic carbocycles. The van der Waals surface area contributed by atoms with Gasteiger partial charge in [-0.2, -0.15) is 0 Å². The van der Waals surface area contributed by atoms with Gasteiger partial charge in [0.15, 0.2) is 5.78 Å². The molecule has 0 fully saturated rings. The molecule has 30 heavy (non-hydrogen) atoms. The largest absolute Gasteiger partial charge is 0.495 e. The Balaban J connectivity index is 1.78. The molecule has 1 aliphatic carbocycles. The quantitative estimate of drug-likeness (QED) is 0.803. The molecule has 1 heterocycles. The molecule has 1 N–H and O–H groups in total. The van der Waals surface area contributed by atoms with Crippen molar-refractivity contribution in [3.8, 4) is 5.75 Å². The number of benzene rings is 2. The summed E-state index contributed by atoms with van der Waals surface area (Å²) in [6.07, 6.45) is 1.84. The summed E-state index contributed by atoms with van der Waals surface area (Å²) in [7, 11) is 1.53. The zero-order valence-electron chi connectivity index (χ0n) is 16.9. The van der Waals surface area contributed by atoms with Gasteiger partial charge in [0.25, 0.3) is 0 Å². The second kappa shape index (κ2) is 8.22. The van der Waals surface area contributed by atoms with Crippen LogP contribution >= 0.6 is 0 Å². The Morgan fingerprint density at radius 1 is 1.17 bits per heavy atom. The van der Waals surface area contributed by atoms with Crippen molar-refractivity contribution >= 4 is 23.1 Å². The summed E-state index contributed by atoms with van der Waals surface area (Å²) < 4.78 is 19.4. The molecule has 4 rings (SSSR count). The van der Waals surface area contributed by atoms with E-state index >= 15 is 0 Å². The highest BCUT2D eigenvalue weighted by molar-refractivity contribution is 6.13. The van der Waals surface area contributed by atoms with Crippen molar-refractivity contribution in [2.75, 3.05) is 12.4 Å². The number of carbonyl (C=O) groups is 2. The summed E-state index contributed by atoms with van der Waals surface area (Å²) in [4.78, 5) is 30.9. The first kappa shape index (κ1) is 20.0. The van der Waals surface area contributed by atoms with E-state index in [0.717, 1.165) is 12.1 Å². The van der Waals surface area contributed by atoms with Gasteiger partial charge in [-0.3, -0.25) is 14.6 Å². The molecule has 1 unspecified atom stereocenters. The summed E-state index contributed by atoms with van der Waals surface area (Å²) in [6, 6.07) is 13.3. The number of aliphatic imine (C=N–C) groups is 1. The van der Waals surface area contributed by atoms with Crippen molar-refractivity contribution in [3.63, 3.8) is 0 Å². The molecular formula is C24H23FN2O3. The first-order chi connectivity index (χ1) is 14.5. The third kappa shape index (κ3) is 3.65. The zero-order valence-corrected chi connectivity index (χ0v) is 16.9. The van der Waals surface area contributed by atoms with E-state index < -0.39 is 17.7 Å². The fourth-order valence-electron chi connectivity index (χ4n) is 4.36. The highest BCUT2D eigenvalue weighted by Crippen LogP contribution is 2.43. The maximum absolute atomic E-state index is 14.1. The first-order valence-electron chi connectivity index (χ1n) is 10.0. The predicted molar refractivity (Wildman–Crippen MR) is 113 cm³/mol. The Morgan fingerprint density at radius 2 is 1.97 bits per heavy atom. The summed E-state index contributed by atoms with van der Waals surface area (Å²) in [6.45, 7) is 1.79. The van der Waals surface area contributed by atoms with Gasteiger partial charge in [-0.25, -0.2) is 4.39 Å². The van der Waals surface area contributed by atoms with Gasteiger partial charge >= 0.3 is 0 Å². The van der Waals surface area contributed by atoms with Crippen molar-refractivity contribution in [2.45, 2.75) is 32.1 Å². The summed E-state index contributed by atoms with van der Waals surface area (Å²) >= 11 is 0. The van der Waals surface area contributed by atoms with E-state index in [1.165, 1.54) is 19.2 Å². The lowest BCUT2D eigenvalue weighted by molar-refractivity contribution is -0.119. The number of ketones is 1. The Morgan fingerprint density at radius 3 is 2.73 bits per heavy atom. The molecule has 6 heteroatoms. The smallest absolute Gasteiger partial charge is 0.234 e. The van der Waals surface area contributed by atoms with E-state index in [-0.39, 0.29) is 11.7 Å². The van der Waals surface area contributed by atoms with Crippen LogP contribution in [-0.4, -0.2) is 24.5 Å². The first-order valence-corrected chi connectivity index (χ1v) is 10.0. The summed E-state index contributed by atoms with van der Waals surface area (Å²) in [5.41, 5.74) is 3.01. The number of para-hydroxylation sites is 2. The highest BCUT2D eigenvalue weighted by atomic mass is 19.1. The van der Waals surface area contributed by atoms with Gasteiger partial charge in [0, 0.05) is 29.3 Å². The summed E-state index contributed by atoms with van der Waals surface area (Å²) in [5, 5.41) is 2.91. The topological polar surface area (TPSA) is 67.8 Å². The molecule has 0 spiro atoms. The van der Waals surface area contributed by atoms with E-state index in [0.29, 0.717) is 41.1 Å². The molecule has 5 nitrogen and oxygen atoms in total. The SMILES string of the molecule is COc1ccccc1NC(=O)C1C(C)=NC2=C(C(=O)CCC2)[C@H]1c1cccc(F)c1. The normalized spacial score (nSPS) is 21.0. The average Bonchev–Trinajstić information content (AvgIpc) is 2.73. The maximum atomic E-state index is 14.1. The van der Waals surface area contributed by atoms with Crippen LogP contribution in [0.2, 0.25) is 0 Å². The van der Waals surface area contributed by atoms with Crippen LogP contribution in [0.1, 0.15) is 37.7 Å². The number of nitrogens with zero attached hydrogens (tertiary/aromatic N) is 1. The molecule has 0 saturated heterocycles.